The van der Waals surface area contributed by atoms with E-state index in [2.05, 4.69) is 36.9 Å². The van der Waals surface area contributed by atoms with Crippen molar-refractivity contribution in [3.63, 3.8) is 0 Å². The molecule has 1 fully saturated rings. The zero-order chi connectivity index (χ0) is 19.2. The van der Waals surface area contributed by atoms with Crippen molar-refractivity contribution >= 4 is 64.3 Å². The topological polar surface area (TPSA) is 49.7 Å². The number of aliphatic imine (C=N–C) groups is 1. The number of hydrogen-bond acceptors (Lipinski definition) is 5. The third kappa shape index (κ3) is 4.11. The van der Waals surface area contributed by atoms with Crippen molar-refractivity contribution in [1.82, 2.24) is 0 Å². The van der Waals surface area contributed by atoms with Crippen LogP contribution in [-0.4, -0.2) is 37.2 Å². The summed E-state index contributed by atoms with van der Waals surface area (Å²) < 4.78 is 40.4. The molecule has 2 aromatic carbocycles. The quantitative estimate of drug-likeness (QED) is 0.577. The van der Waals surface area contributed by atoms with Gasteiger partial charge < -0.3 is 4.90 Å². The molecule has 4 rings (SSSR count). The van der Waals surface area contributed by atoms with E-state index in [1.807, 2.05) is 24.3 Å². The molecule has 0 aliphatic carbocycles. The van der Waals surface area contributed by atoms with Gasteiger partial charge in [-0.2, -0.15) is 0 Å². The normalized spacial score (nSPS) is 23.4. The summed E-state index contributed by atoms with van der Waals surface area (Å²) in [6.07, 6.45) is 0. The molecule has 27 heavy (non-hydrogen) atoms. The van der Waals surface area contributed by atoms with Gasteiger partial charge in [0.15, 0.2) is 15.0 Å². The average Bonchev–Trinajstić information content (AvgIpc) is 3.06. The molecule has 2 aliphatic rings. The highest BCUT2D eigenvalue weighted by atomic mass is 79.9. The Morgan fingerprint density at radius 2 is 1.81 bits per heavy atom. The van der Waals surface area contributed by atoms with Crippen LogP contribution in [0.25, 0.3) is 0 Å². The summed E-state index contributed by atoms with van der Waals surface area (Å²) in [5, 5.41) is 0.670. The van der Waals surface area contributed by atoms with Crippen LogP contribution in [-0.2, 0) is 15.6 Å². The van der Waals surface area contributed by atoms with E-state index >= 15 is 0 Å². The van der Waals surface area contributed by atoms with Gasteiger partial charge in [-0.15, -0.1) is 0 Å². The largest absolute Gasteiger partial charge is 0.312 e. The number of thioether (sulfide) groups is 1. The van der Waals surface area contributed by atoms with Crippen LogP contribution in [0.15, 0.2) is 56.4 Å². The SMILES string of the molecule is O=S1(=O)C[C@H]2N=C(SCc3ccc(Br)cc3)N(c3ccc(Br)cc3F)[C@H]2C1. The zero-order valence-electron chi connectivity index (χ0n) is 14.0. The van der Waals surface area contributed by atoms with Crippen LogP contribution >= 0.6 is 43.6 Å². The van der Waals surface area contributed by atoms with Crippen LogP contribution in [0.4, 0.5) is 10.1 Å². The molecule has 2 atom stereocenters. The van der Waals surface area contributed by atoms with E-state index in [-0.39, 0.29) is 23.6 Å². The maximum absolute atomic E-state index is 14.6. The Labute approximate surface area is 178 Å². The number of fused-ring (bicyclic) bond motifs is 1. The second-order valence-corrected chi connectivity index (χ2v) is 11.4. The molecule has 1 saturated heterocycles. The summed E-state index contributed by atoms with van der Waals surface area (Å²) in [5.41, 5.74) is 1.48. The van der Waals surface area contributed by atoms with Crippen LogP contribution in [0, 0.1) is 5.82 Å². The molecule has 0 spiro atoms. The fraction of sp³-hybridized carbons (Fsp3) is 0.278. The minimum atomic E-state index is -3.16. The lowest BCUT2D eigenvalue weighted by molar-refractivity contribution is 0.600. The van der Waals surface area contributed by atoms with E-state index in [1.54, 1.807) is 17.0 Å². The first kappa shape index (κ1) is 19.4. The highest BCUT2D eigenvalue weighted by Gasteiger charge is 2.47. The van der Waals surface area contributed by atoms with Gasteiger partial charge in [0.05, 0.1) is 29.3 Å². The first-order valence-electron chi connectivity index (χ1n) is 8.22. The van der Waals surface area contributed by atoms with Crippen molar-refractivity contribution in [2.75, 3.05) is 16.4 Å². The standard InChI is InChI=1S/C18H15Br2FN2O2S2/c19-12-3-1-11(2-4-12)8-26-18-22-15-9-27(24,25)10-17(15)23(18)16-6-5-13(20)7-14(16)21/h1-7,15,17H,8-10H2/t15-,17+/m1/s1. The smallest absolute Gasteiger partial charge is 0.164 e. The summed E-state index contributed by atoms with van der Waals surface area (Å²) in [4.78, 5) is 6.40. The van der Waals surface area contributed by atoms with Gasteiger partial charge in [-0.3, -0.25) is 4.99 Å². The van der Waals surface area contributed by atoms with Gasteiger partial charge in [0, 0.05) is 14.7 Å². The molecule has 2 heterocycles. The Kier molecular flexibility index (Phi) is 5.39. The van der Waals surface area contributed by atoms with Crippen LogP contribution in [0.3, 0.4) is 0 Å². The molecule has 142 valence electrons. The van der Waals surface area contributed by atoms with Gasteiger partial charge in [-0.05, 0) is 35.9 Å². The first-order valence-corrected chi connectivity index (χ1v) is 12.6. The molecule has 0 unspecified atom stereocenters. The predicted octanol–water partition coefficient (Wildman–Crippen LogP) is 4.63. The lowest BCUT2D eigenvalue weighted by Crippen LogP contribution is -2.39. The van der Waals surface area contributed by atoms with Crippen molar-refractivity contribution in [1.29, 1.82) is 0 Å². The predicted molar refractivity (Wildman–Crippen MR) is 116 cm³/mol. The third-order valence-electron chi connectivity index (χ3n) is 4.56. The fourth-order valence-electron chi connectivity index (χ4n) is 3.32. The minimum absolute atomic E-state index is 0.000978. The Morgan fingerprint density at radius 1 is 1.11 bits per heavy atom. The molecule has 0 saturated carbocycles. The lowest BCUT2D eigenvalue weighted by atomic mass is 10.1. The molecule has 0 bridgehead atoms. The number of sulfone groups is 1. The molecular weight excluding hydrogens is 519 g/mol. The second kappa shape index (κ2) is 7.50. The average molecular weight is 534 g/mol. The molecular formula is C18H15Br2FN2O2S2. The number of amidine groups is 1. The van der Waals surface area contributed by atoms with Gasteiger partial charge in [0.2, 0.25) is 0 Å². The zero-order valence-corrected chi connectivity index (χ0v) is 18.8. The van der Waals surface area contributed by atoms with Crippen molar-refractivity contribution in [2.45, 2.75) is 17.8 Å². The maximum Gasteiger partial charge on any atom is 0.164 e. The van der Waals surface area contributed by atoms with Crippen molar-refractivity contribution in [2.24, 2.45) is 4.99 Å². The van der Waals surface area contributed by atoms with Gasteiger partial charge in [0.25, 0.3) is 0 Å². The number of benzene rings is 2. The van der Waals surface area contributed by atoms with E-state index in [9.17, 15) is 12.8 Å². The highest BCUT2D eigenvalue weighted by Crippen LogP contribution is 2.37. The molecule has 2 aliphatic heterocycles. The molecule has 0 amide bonds. The molecule has 0 N–H and O–H groups in total. The Morgan fingerprint density at radius 3 is 2.52 bits per heavy atom. The van der Waals surface area contributed by atoms with Gasteiger partial charge >= 0.3 is 0 Å². The van der Waals surface area contributed by atoms with Crippen LogP contribution in [0.2, 0.25) is 0 Å². The summed E-state index contributed by atoms with van der Waals surface area (Å²) in [6.45, 7) is 0. The molecule has 0 aromatic heterocycles. The summed E-state index contributed by atoms with van der Waals surface area (Å²) in [6, 6.07) is 12.1. The summed E-state index contributed by atoms with van der Waals surface area (Å²) in [5.74, 6) is 0.298. The number of anilines is 1. The summed E-state index contributed by atoms with van der Waals surface area (Å²) in [7, 11) is -3.16. The van der Waals surface area contributed by atoms with E-state index < -0.39 is 15.7 Å². The Balaban J connectivity index is 1.64. The van der Waals surface area contributed by atoms with E-state index in [0.717, 1.165) is 10.0 Å². The Hall–Kier alpha value is -0.900. The van der Waals surface area contributed by atoms with Crippen LogP contribution in [0.5, 0.6) is 0 Å². The molecule has 2 aromatic rings. The Bertz CT molecular complexity index is 1010. The fourth-order valence-corrected chi connectivity index (χ4v) is 6.83. The number of rotatable bonds is 3. The third-order valence-corrected chi connectivity index (χ3v) is 8.32. The highest BCUT2D eigenvalue weighted by molar-refractivity contribution is 9.10. The number of hydrogen-bond donors (Lipinski definition) is 0. The van der Waals surface area contributed by atoms with Crippen molar-refractivity contribution in [3.8, 4) is 0 Å². The summed E-state index contributed by atoms with van der Waals surface area (Å²) >= 11 is 8.19. The van der Waals surface area contributed by atoms with E-state index in [4.69, 9.17) is 0 Å². The second-order valence-electron chi connectivity index (χ2n) is 6.50. The van der Waals surface area contributed by atoms with E-state index in [0.29, 0.717) is 21.1 Å². The van der Waals surface area contributed by atoms with Gasteiger partial charge in [-0.1, -0.05) is 55.8 Å². The van der Waals surface area contributed by atoms with Crippen LogP contribution < -0.4 is 4.90 Å². The van der Waals surface area contributed by atoms with Gasteiger partial charge in [0.1, 0.15) is 5.82 Å². The monoisotopic (exact) mass is 532 g/mol. The van der Waals surface area contributed by atoms with Crippen LogP contribution in [0.1, 0.15) is 5.56 Å². The molecule has 0 radical (unpaired) electrons. The number of nitrogens with zero attached hydrogens (tertiary/aromatic N) is 2. The minimum Gasteiger partial charge on any atom is -0.312 e. The molecule has 9 heteroatoms. The van der Waals surface area contributed by atoms with Crippen molar-refractivity contribution in [3.05, 3.63) is 62.8 Å². The van der Waals surface area contributed by atoms with E-state index in [1.165, 1.54) is 17.8 Å². The molecule has 4 nitrogen and oxygen atoms in total. The first-order chi connectivity index (χ1) is 12.8. The lowest BCUT2D eigenvalue weighted by Gasteiger charge is -2.27. The maximum atomic E-state index is 14.6. The number of halogens is 3. The van der Waals surface area contributed by atoms with Gasteiger partial charge in [-0.25, -0.2) is 12.8 Å². The van der Waals surface area contributed by atoms with Crippen molar-refractivity contribution < 1.29 is 12.8 Å².